The van der Waals surface area contributed by atoms with E-state index in [1.54, 1.807) is 0 Å². The van der Waals surface area contributed by atoms with Gasteiger partial charge in [-0.2, -0.15) is 0 Å². The Morgan fingerprint density at radius 1 is 1.86 bits per heavy atom. The van der Waals surface area contributed by atoms with E-state index in [1.165, 1.54) is 6.08 Å². The smallest absolute Gasteiger partial charge is 0.246 e. The molecule has 1 aliphatic heterocycles. The van der Waals surface area contributed by atoms with E-state index < -0.39 is 0 Å². The highest BCUT2D eigenvalue weighted by Crippen LogP contribution is 1.87. The van der Waals surface area contributed by atoms with Gasteiger partial charge in [0.2, 0.25) is 5.91 Å². The Morgan fingerprint density at radius 3 is 2.71 bits per heavy atom. The van der Waals surface area contributed by atoms with Gasteiger partial charge in [0, 0.05) is 11.8 Å². The van der Waals surface area contributed by atoms with Crippen LogP contribution in [0, 0.1) is 0 Å². The van der Waals surface area contributed by atoms with E-state index in [-0.39, 0.29) is 5.91 Å². The second-order valence-corrected chi connectivity index (χ2v) is 1.44. The highest BCUT2D eigenvalue weighted by molar-refractivity contribution is 5.90. The molecule has 0 saturated carbocycles. The molecule has 7 heavy (non-hydrogen) atoms. The molecule has 38 valence electrons. The molecule has 0 aromatic rings. The van der Waals surface area contributed by atoms with Gasteiger partial charge in [-0.3, -0.25) is 4.79 Å². The summed E-state index contributed by atoms with van der Waals surface area (Å²) in [5.74, 6) is -0.0856. The van der Waals surface area contributed by atoms with Crippen molar-refractivity contribution in [3.8, 4) is 0 Å². The lowest BCUT2D eigenvalue weighted by atomic mass is 10.5. The SMILES string of the molecule is NC1=CC(=O)NC1. The normalized spacial score (nSPS) is 18.9. The van der Waals surface area contributed by atoms with Crippen LogP contribution in [0.3, 0.4) is 0 Å². The van der Waals surface area contributed by atoms with E-state index in [9.17, 15) is 4.79 Å². The third-order valence-electron chi connectivity index (χ3n) is 0.783. The van der Waals surface area contributed by atoms with Crippen molar-refractivity contribution >= 4 is 5.91 Å². The lowest BCUT2D eigenvalue weighted by Gasteiger charge is -1.85. The van der Waals surface area contributed by atoms with Crippen molar-refractivity contribution in [3.05, 3.63) is 11.8 Å². The summed E-state index contributed by atoms with van der Waals surface area (Å²) >= 11 is 0. The topological polar surface area (TPSA) is 55.1 Å². The van der Waals surface area contributed by atoms with E-state index in [0.717, 1.165) is 0 Å². The van der Waals surface area contributed by atoms with Crippen LogP contribution in [0.5, 0.6) is 0 Å². The fourth-order valence-corrected chi connectivity index (χ4v) is 0.460. The zero-order chi connectivity index (χ0) is 5.28. The summed E-state index contributed by atoms with van der Waals surface area (Å²) in [6.07, 6.45) is 1.39. The lowest BCUT2D eigenvalue weighted by molar-refractivity contribution is -0.115. The van der Waals surface area contributed by atoms with Crippen molar-refractivity contribution in [3.63, 3.8) is 0 Å². The monoisotopic (exact) mass is 98.0 g/mol. The Labute approximate surface area is 41.2 Å². The molecular formula is C4H6N2O. The van der Waals surface area contributed by atoms with Crippen LogP contribution >= 0.6 is 0 Å². The molecule has 0 radical (unpaired) electrons. The van der Waals surface area contributed by atoms with Crippen LogP contribution in [-0.4, -0.2) is 12.5 Å². The number of nitrogens with two attached hydrogens (primary N) is 1. The van der Waals surface area contributed by atoms with E-state index in [4.69, 9.17) is 5.73 Å². The van der Waals surface area contributed by atoms with E-state index in [1.807, 2.05) is 0 Å². The first-order valence-corrected chi connectivity index (χ1v) is 2.03. The van der Waals surface area contributed by atoms with Gasteiger partial charge in [-0.1, -0.05) is 0 Å². The average Bonchev–Trinajstić information content (AvgIpc) is 1.87. The van der Waals surface area contributed by atoms with Gasteiger partial charge in [-0.25, -0.2) is 0 Å². The predicted octanol–water partition coefficient (Wildman–Crippen LogP) is -1.04. The summed E-state index contributed by atoms with van der Waals surface area (Å²) in [7, 11) is 0. The zero-order valence-corrected chi connectivity index (χ0v) is 3.77. The predicted molar refractivity (Wildman–Crippen MR) is 25.3 cm³/mol. The summed E-state index contributed by atoms with van der Waals surface area (Å²) < 4.78 is 0. The molecule has 3 N–H and O–H groups in total. The number of carbonyl (C=O) groups excluding carboxylic acids is 1. The number of rotatable bonds is 0. The molecule has 0 spiro atoms. The Bertz CT molecular complexity index is 128. The van der Waals surface area contributed by atoms with Crippen LogP contribution in [0.2, 0.25) is 0 Å². The van der Waals surface area contributed by atoms with Gasteiger partial charge in [-0.05, 0) is 0 Å². The van der Waals surface area contributed by atoms with Gasteiger partial charge in [0.05, 0.1) is 6.54 Å². The summed E-state index contributed by atoms with van der Waals surface area (Å²) in [5, 5.41) is 2.51. The van der Waals surface area contributed by atoms with Crippen molar-refractivity contribution in [1.29, 1.82) is 0 Å². The molecule has 0 aromatic heterocycles. The maximum Gasteiger partial charge on any atom is 0.246 e. The quantitative estimate of drug-likeness (QED) is 0.406. The highest BCUT2D eigenvalue weighted by atomic mass is 16.1. The van der Waals surface area contributed by atoms with Crippen LogP contribution in [-0.2, 0) is 4.79 Å². The number of hydrogen-bond donors (Lipinski definition) is 2. The first kappa shape index (κ1) is 4.18. The van der Waals surface area contributed by atoms with Crippen molar-refractivity contribution in [2.75, 3.05) is 6.54 Å². The fraction of sp³-hybridized carbons (Fsp3) is 0.250. The van der Waals surface area contributed by atoms with Crippen molar-refractivity contribution in [2.45, 2.75) is 0 Å². The van der Waals surface area contributed by atoms with E-state index in [2.05, 4.69) is 5.32 Å². The number of hydrogen-bond acceptors (Lipinski definition) is 2. The van der Waals surface area contributed by atoms with Crippen LogP contribution in [0.15, 0.2) is 11.8 Å². The molecule has 0 aliphatic carbocycles. The minimum atomic E-state index is -0.0856. The number of carbonyl (C=O) groups is 1. The Kier molecular flexibility index (Phi) is 0.749. The standard InChI is InChI=1S/C4H6N2O/c5-3-1-4(7)6-2-3/h1H,2,5H2,(H,6,7). The first-order valence-electron chi connectivity index (χ1n) is 2.03. The molecule has 0 aromatic carbocycles. The maximum atomic E-state index is 10.2. The molecule has 1 amide bonds. The van der Waals surface area contributed by atoms with Crippen LogP contribution in [0.1, 0.15) is 0 Å². The number of nitrogens with one attached hydrogen (secondary N) is 1. The van der Waals surface area contributed by atoms with Crippen LogP contribution in [0.4, 0.5) is 0 Å². The molecular weight excluding hydrogens is 92.1 g/mol. The molecule has 0 bridgehead atoms. The molecule has 3 nitrogen and oxygen atoms in total. The second-order valence-electron chi connectivity index (χ2n) is 1.44. The Morgan fingerprint density at radius 2 is 2.57 bits per heavy atom. The average molecular weight is 98.1 g/mol. The molecule has 0 unspecified atom stereocenters. The summed E-state index contributed by atoms with van der Waals surface area (Å²) in [6.45, 7) is 0.513. The molecule has 0 atom stereocenters. The zero-order valence-electron chi connectivity index (χ0n) is 3.77. The fourth-order valence-electron chi connectivity index (χ4n) is 0.460. The molecule has 0 fully saturated rings. The maximum absolute atomic E-state index is 10.2. The molecule has 1 aliphatic rings. The van der Waals surface area contributed by atoms with Gasteiger partial charge in [0.15, 0.2) is 0 Å². The molecule has 1 heterocycles. The Hall–Kier alpha value is -0.990. The van der Waals surface area contributed by atoms with Gasteiger partial charge < -0.3 is 11.1 Å². The third kappa shape index (κ3) is 0.707. The Balaban J connectivity index is 2.67. The van der Waals surface area contributed by atoms with Crippen LogP contribution in [0.25, 0.3) is 0 Å². The first-order chi connectivity index (χ1) is 3.29. The molecule has 1 rings (SSSR count). The van der Waals surface area contributed by atoms with Crippen LogP contribution < -0.4 is 11.1 Å². The van der Waals surface area contributed by atoms with Gasteiger partial charge in [0.25, 0.3) is 0 Å². The minimum Gasteiger partial charge on any atom is -0.400 e. The highest BCUT2D eigenvalue weighted by Gasteiger charge is 2.04. The number of amides is 1. The third-order valence-corrected chi connectivity index (χ3v) is 0.783. The van der Waals surface area contributed by atoms with Crippen molar-refractivity contribution in [1.82, 2.24) is 5.32 Å². The van der Waals surface area contributed by atoms with Gasteiger partial charge in [0.1, 0.15) is 0 Å². The summed E-state index contributed by atoms with van der Waals surface area (Å²) in [4.78, 5) is 10.2. The lowest BCUT2D eigenvalue weighted by Crippen LogP contribution is -2.16. The minimum absolute atomic E-state index is 0.0856. The summed E-state index contributed by atoms with van der Waals surface area (Å²) in [5.41, 5.74) is 5.82. The van der Waals surface area contributed by atoms with Gasteiger partial charge in [-0.15, -0.1) is 0 Å². The molecule has 3 heteroatoms. The summed E-state index contributed by atoms with van der Waals surface area (Å²) in [6, 6.07) is 0. The largest absolute Gasteiger partial charge is 0.400 e. The second kappa shape index (κ2) is 1.26. The van der Waals surface area contributed by atoms with Crippen molar-refractivity contribution in [2.24, 2.45) is 5.73 Å². The van der Waals surface area contributed by atoms with Gasteiger partial charge >= 0.3 is 0 Å². The van der Waals surface area contributed by atoms with Crippen molar-refractivity contribution < 1.29 is 4.79 Å². The van der Waals surface area contributed by atoms with E-state index in [0.29, 0.717) is 12.2 Å². The molecule has 0 saturated heterocycles. The van der Waals surface area contributed by atoms with E-state index >= 15 is 0 Å².